The monoisotopic (exact) mass is 533 g/mol. The van der Waals surface area contributed by atoms with Crippen LogP contribution in [0.5, 0.6) is 28.7 Å². The van der Waals surface area contributed by atoms with Gasteiger partial charge in [-0.2, -0.15) is 0 Å². The summed E-state index contributed by atoms with van der Waals surface area (Å²) in [7, 11) is 2.84. The molecule has 6 rings (SSSR count). The summed E-state index contributed by atoms with van der Waals surface area (Å²) >= 11 is 0. The molecule has 1 fully saturated rings. The second-order valence-corrected chi connectivity index (χ2v) is 9.45. The fourth-order valence-electron chi connectivity index (χ4n) is 5.58. The molecule has 2 aliphatic heterocycles. The lowest BCUT2D eigenvalue weighted by Crippen LogP contribution is -2.31. The molecule has 0 unspecified atom stereocenters. The molecule has 39 heavy (non-hydrogen) atoms. The summed E-state index contributed by atoms with van der Waals surface area (Å²) in [5.74, 6) is -0.326. The normalized spacial score (nSPS) is 20.5. The zero-order chi connectivity index (χ0) is 27.3. The number of cyclic esters (lactones) is 1. The van der Waals surface area contributed by atoms with Crippen molar-refractivity contribution < 1.29 is 42.9 Å². The molecular weight excluding hydrogens is 510 g/mol. The fraction of sp³-hybridized carbons (Fsp3) is 0.286. The van der Waals surface area contributed by atoms with Gasteiger partial charge in [-0.3, -0.25) is 14.9 Å². The van der Waals surface area contributed by atoms with Crippen LogP contribution in [0.3, 0.4) is 0 Å². The van der Waals surface area contributed by atoms with E-state index in [2.05, 4.69) is 0 Å². The lowest BCUT2D eigenvalue weighted by atomic mass is 9.67. The summed E-state index contributed by atoms with van der Waals surface area (Å²) in [5, 5.41) is 11.1. The van der Waals surface area contributed by atoms with Gasteiger partial charge in [0.15, 0.2) is 23.0 Å². The smallest absolute Gasteiger partial charge is 0.344 e. The van der Waals surface area contributed by atoms with Crippen molar-refractivity contribution in [3.63, 3.8) is 0 Å². The molecule has 3 aromatic carbocycles. The number of nitro benzene ring substituents is 1. The molecule has 1 saturated heterocycles. The maximum atomic E-state index is 12.9. The first-order valence-corrected chi connectivity index (χ1v) is 12.2. The largest absolute Gasteiger partial charge is 0.493 e. The van der Waals surface area contributed by atoms with Crippen LogP contribution in [0.1, 0.15) is 33.0 Å². The number of esters is 2. The number of nitrogens with zero attached hydrogens (tertiary/aromatic N) is 1. The third kappa shape index (κ3) is 4.15. The van der Waals surface area contributed by atoms with Gasteiger partial charge in [0.1, 0.15) is 0 Å². The van der Waals surface area contributed by atoms with Crippen molar-refractivity contribution in [1.29, 1.82) is 0 Å². The van der Waals surface area contributed by atoms with Gasteiger partial charge in [-0.05, 0) is 53.4 Å². The van der Waals surface area contributed by atoms with Crippen LogP contribution < -0.4 is 23.7 Å². The van der Waals surface area contributed by atoms with Crippen molar-refractivity contribution in [2.45, 2.75) is 12.3 Å². The first-order valence-electron chi connectivity index (χ1n) is 12.2. The highest BCUT2D eigenvalue weighted by molar-refractivity contribution is 5.92. The van der Waals surface area contributed by atoms with Crippen molar-refractivity contribution in [3.8, 4) is 28.7 Å². The number of ether oxygens (including phenoxy) is 6. The van der Waals surface area contributed by atoms with Crippen molar-refractivity contribution >= 4 is 17.6 Å². The Morgan fingerprint density at radius 1 is 1.00 bits per heavy atom. The third-order valence-corrected chi connectivity index (χ3v) is 7.36. The second kappa shape index (κ2) is 9.50. The Balaban J connectivity index is 1.42. The summed E-state index contributed by atoms with van der Waals surface area (Å²) < 4.78 is 33.5. The molecule has 1 aliphatic carbocycles. The predicted octanol–water partition coefficient (Wildman–Crippen LogP) is 4.04. The zero-order valence-electron chi connectivity index (χ0n) is 21.0. The van der Waals surface area contributed by atoms with Gasteiger partial charge in [-0.15, -0.1) is 0 Å². The van der Waals surface area contributed by atoms with Crippen molar-refractivity contribution in [1.82, 2.24) is 0 Å². The number of hydrogen-bond donors (Lipinski definition) is 0. The minimum Gasteiger partial charge on any atom is -0.493 e. The zero-order valence-corrected chi connectivity index (χ0v) is 21.0. The number of carbonyl (C=O) groups excluding carboxylic acids is 2. The minimum absolute atomic E-state index is 0.00697. The molecule has 3 aliphatic rings. The number of benzene rings is 3. The fourth-order valence-corrected chi connectivity index (χ4v) is 5.58. The lowest BCUT2D eigenvalue weighted by molar-refractivity contribution is -0.384. The summed E-state index contributed by atoms with van der Waals surface area (Å²) in [6.07, 6.45) is 0.659. The van der Waals surface area contributed by atoms with E-state index in [-0.39, 0.29) is 47.2 Å². The van der Waals surface area contributed by atoms with Gasteiger partial charge in [0, 0.05) is 24.0 Å². The standard InChI is InChI=1S/C28H23NO10/c1-34-22-9-16(10-23(35-2)26(22)39-27(30)14-4-3-5-18(7-14)29(32)33)24-19-11-21-20(37-13-38-21)8-15(19)6-17-12-36-28(31)25(17)24/h3-5,7-11,17,24-25H,6,12-13H2,1-2H3/t17-,24+,25-/m0/s1. The predicted molar refractivity (Wildman–Crippen MR) is 134 cm³/mol. The molecule has 2 heterocycles. The number of rotatable bonds is 6. The van der Waals surface area contributed by atoms with Crippen LogP contribution in [-0.2, 0) is 16.0 Å². The van der Waals surface area contributed by atoms with Gasteiger partial charge in [0.2, 0.25) is 12.5 Å². The van der Waals surface area contributed by atoms with Crippen LogP contribution in [0.15, 0.2) is 48.5 Å². The van der Waals surface area contributed by atoms with E-state index in [1.54, 1.807) is 12.1 Å². The molecule has 0 aromatic heterocycles. The van der Waals surface area contributed by atoms with E-state index in [0.717, 1.165) is 17.2 Å². The Hall–Kier alpha value is -4.80. The lowest BCUT2D eigenvalue weighted by Gasteiger charge is -2.34. The quantitative estimate of drug-likeness (QED) is 0.198. The average Bonchev–Trinajstić information content (AvgIpc) is 3.56. The van der Waals surface area contributed by atoms with Crippen LogP contribution in [0.25, 0.3) is 0 Å². The summed E-state index contributed by atoms with van der Waals surface area (Å²) in [6, 6.07) is 12.5. The van der Waals surface area contributed by atoms with E-state index in [9.17, 15) is 19.7 Å². The van der Waals surface area contributed by atoms with E-state index in [1.807, 2.05) is 12.1 Å². The van der Waals surface area contributed by atoms with Gasteiger partial charge in [-0.25, -0.2) is 4.79 Å². The molecule has 3 aromatic rings. The molecule has 0 radical (unpaired) electrons. The van der Waals surface area contributed by atoms with E-state index in [1.165, 1.54) is 32.4 Å². The van der Waals surface area contributed by atoms with Crippen molar-refractivity contribution in [2.24, 2.45) is 11.8 Å². The van der Waals surface area contributed by atoms with Crippen LogP contribution in [0.4, 0.5) is 5.69 Å². The molecule has 3 atom stereocenters. The number of nitro groups is 1. The second-order valence-electron chi connectivity index (χ2n) is 9.45. The summed E-state index contributed by atoms with van der Waals surface area (Å²) in [4.78, 5) is 36.4. The van der Waals surface area contributed by atoms with Gasteiger partial charge in [0.05, 0.1) is 37.2 Å². The van der Waals surface area contributed by atoms with Gasteiger partial charge < -0.3 is 28.4 Å². The van der Waals surface area contributed by atoms with E-state index in [0.29, 0.717) is 30.1 Å². The van der Waals surface area contributed by atoms with Crippen molar-refractivity contribution in [3.05, 3.63) is 80.9 Å². The topological polar surface area (TPSA) is 133 Å². The molecule has 0 bridgehead atoms. The Kier molecular flexibility index (Phi) is 5.97. The Labute approximate surface area is 222 Å². The van der Waals surface area contributed by atoms with Crippen LogP contribution in [0.2, 0.25) is 0 Å². The SMILES string of the molecule is COc1cc([C@@H]2c3cc4c(cc3C[C@H]3COC(=O)[C@@H]32)OCO4)cc(OC)c1OC(=O)c1cccc([N+](=O)[O-])c1. The van der Waals surface area contributed by atoms with Gasteiger partial charge in [-0.1, -0.05) is 6.07 Å². The summed E-state index contributed by atoms with van der Waals surface area (Å²) in [6.45, 7) is 0.450. The van der Waals surface area contributed by atoms with E-state index < -0.39 is 22.7 Å². The minimum atomic E-state index is -0.821. The molecule has 0 amide bonds. The molecule has 11 heteroatoms. The molecule has 0 spiro atoms. The van der Waals surface area contributed by atoms with Gasteiger partial charge >= 0.3 is 11.9 Å². The molecule has 0 N–H and O–H groups in total. The maximum absolute atomic E-state index is 12.9. The Morgan fingerprint density at radius 3 is 2.41 bits per heavy atom. The highest BCUT2D eigenvalue weighted by atomic mass is 16.7. The van der Waals surface area contributed by atoms with Crippen LogP contribution >= 0.6 is 0 Å². The number of non-ortho nitro benzene ring substituents is 1. The molecule has 11 nitrogen and oxygen atoms in total. The number of hydrogen-bond acceptors (Lipinski definition) is 10. The number of fused-ring (bicyclic) bond motifs is 3. The first-order chi connectivity index (χ1) is 18.9. The van der Waals surface area contributed by atoms with E-state index in [4.69, 9.17) is 28.4 Å². The number of methoxy groups -OCH3 is 2. The molecular formula is C28H23NO10. The van der Waals surface area contributed by atoms with E-state index >= 15 is 0 Å². The average molecular weight is 533 g/mol. The van der Waals surface area contributed by atoms with Crippen molar-refractivity contribution in [2.75, 3.05) is 27.6 Å². The van der Waals surface area contributed by atoms with Crippen LogP contribution in [-0.4, -0.2) is 44.5 Å². The maximum Gasteiger partial charge on any atom is 0.344 e. The Bertz CT molecular complexity index is 1490. The highest BCUT2D eigenvalue weighted by Crippen LogP contribution is 2.52. The summed E-state index contributed by atoms with van der Waals surface area (Å²) in [5.41, 5.74) is 2.39. The first kappa shape index (κ1) is 24.5. The third-order valence-electron chi connectivity index (χ3n) is 7.36. The van der Waals surface area contributed by atoms with Crippen LogP contribution in [0, 0.1) is 22.0 Å². The van der Waals surface area contributed by atoms with Gasteiger partial charge in [0.25, 0.3) is 5.69 Å². The highest BCUT2D eigenvalue weighted by Gasteiger charge is 2.48. The number of carbonyl (C=O) groups is 2. The Morgan fingerprint density at radius 2 is 1.72 bits per heavy atom. The molecule has 200 valence electrons. The molecule has 0 saturated carbocycles.